The number of aliphatic hydroxyl groups excluding tert-OH is 1. The van der Waals surface area contributed by atoms with Crippen molar-refractivity contribution in [2.45, 2.75) is 32.8 Å². The number of anilines is 1. The molecule has 0 aliphatic carbocycles. The smallest absolute Gasteiger partial charge is 0.255 e. The minimum atomic E-state index is -0.284. The summed E-state index contributed by atoms with van der Waals surface area (Å²) in [6.45, 7) is 10.2. The predicted octanol–water partition coefficient (Wildman–Crippen LogP) is 1.46. The maximum Gasteiger partial charge on any atom is 0.255 e. The Bertz CT molecular complexity index is 559. The van der Waals surface area contributed by atoms with E-state index in [0.717, 1.165) is 70.4 Å². The summed E-state index contributed by atoms with van der Waals surface area (Å²) in [6.07, 6.45) is 3.62. The second-order valence-corrected chi connectivity index (χ2v) is 7.52. The van der Waals surface area contributed by atoms with Crippen LogP contribution in [0.2, 0.25) is 0 Å². The SMILES string of the molecule is CC1CCN(C(=O)c2ccc(N3CCN(C[C@@H](C)O)CC3)nc2)CC1. The number of hydrogen-bond donors (Lipinski definition) is 1. The summed E-state index contributed by atoms with van der Waals surface area (Å²) in [6, 6.07) is 3.87. The molecule has 0 radical (unpaired) electrons. The van der Waals surface area contributed by atoms with E-state index in [4.69, 9.17) is 0 Å². The van der Waals surface area contributed by atoms with E-state index in [0.29, 0.717) is 5.56 Å². The first-order chi connectivity index (χ1) is 12.0. The molecule has 0 aromatic carbocycles. The second kappa shape index (κ2) is 8.15. The number of β-amino-alcohol motifs (C(OH)–C–C–N with tert-alkyl or cyclic N) is 1. The van der Waals surface area contributed by atoms with Crippen molar-refractivity contribution in [2.75, 3.05) is 50.7 Å². The van der Waals surface area contributed by atoms with Gasteiger partial charge in [0, 0.05) is 52.0 Å². The lowest BCUT2D eigenvalue weighted by atomic mass is 9.99. The minimum absolute atomic E-state index is 0.104. The van der Waals surface area contributed by atoms with E-state index in [9.17, 15) is 9.90 Å². The fraction of sp³-hybridized carbons (Fsp3) is 0.684. The van der Waals surface area contributed by atoms with Crippen LogP contribution < -0.4 is 4.90 Å². The van der Waals surface area contributed by atoms with Gasteiger partial charge in [0.05, 0.1) is 11.7 Å². The maximum atomic E-state index is 12.6. The zero-order valence-corrected chi connectivity index (χ0v) is 15.4. The summed E-state index contributed by atoms with van der Waals surface area (Å²) in [7, 11) is 0. The van der Waals surface area contributed by atoms with Crippen molar-refractivity contribution in [3.8, 4) is 0 Å². The van der Waals surface area contributed by atoms with E-state index in [1.807, 2.05) is 24.0 Å². The molecule has 1 N–H and O–H groups in total. The van der Waals surface area contributed by atoms with E-state index in [1.165, 1.54) is 0 Å². The molecule has 0 bridgehead atoms. The van der Waals surface area contributed by atoms with E-state index in [-0.39, 0.29) is 12.0 Å². The molecule has 0 spiro atoms. The number of nitrogens with zero attached hydrogens (tertiary/aromatic N) is 4. The molecule has 2 saturated heterocycles. The molecule has 2 aliphatic rings. The summed E-state index contributed by atoms with van der Waals surface area (Å²) < 4.78 is 0. The number of pyridine rings is 1. The number of piperidine rings is 1. The van der Waals surface area contributed by atoms with Crippen LogP contribution in [0.25, 0.3) is 0 Å². The number of piperazine rings is 1. The molecule has 25 heavy (non-hydrogen) atoms. The van der Waals surface area contributed by atoms with Crippen LogP contribution in [0.3, 0.4) is 0 Å². The fourth-order valence-electron chi connectivity index (χ4n) is 3.63. The van der Waals surface area contributed by atoms with Gasteiger partial charge in [0.15, 0.2) is 0 Å². The van der Waals surface area contributed by atoms with Crippen molar-refractivity contribution in [1.29, 1.82) is 0 Å². The first-order valence-corrected chi connectivity index (χ1v) is 9.43. The lowest BCUT2D eigenvalue weighted by Gasteiger charge is -2.36. The van der Waals surface area contributed by atoms with E-state index in [2.05, 4.69) is 21.7 Å². The van der Waals surface area contributed by atoms with Crippen LogP contribution in [0.1, 0.15) is 37.0 Å². The van der Waals surface area contributed by atoms with Crippen LogP contribution in [0.15, 0.2) is 18.3 Å². The standard InChI is InChI=1S/C19H30N4O2/c1-15-5-7-23(8-6-15)19(25)17-3-4-18(20-13-17)22-11-9-21(10-12-22)14-16(2)24/h3-4,13,15-16,24H,5-12,14H2,1-2H3/t16-/m1/s1. The largest absolute Gasteiger partial charge is 0.392 e. The van der Waals surface area contributed by atoms with E-state index < -0.39 is 0 Å². The van der Waals surface area contributed by atoms with Crippen molar-refractivity contribution in [2.24, 2.45) is 5.92 Å². The van der Waals surface area contributed by atoms with Crippen molar-refractivity contribution < 1.29 is 9.90 Å². The third kappa shape index (κ3) is 4.70. The van der Waals surface area contributed by atoms with Gasteiger partial charge in [-0.25, -0.2) is 4.98 Å². The number of carbonyl (C=O) groups excluding carboxylic acids is 1. The van der Waals surface area contributed by atoms with Crippen molar-refractivity contribution >= 4 is 11.7 Å². The molecule has 1 atom stereocenters. The molecule has 1 aromatic heterocycles. The zero-order valence-electron chi connectivity index (χ0n) is 15.4. The van der Waals surface area contributed by atoms with Gasteiger partial charge in [-0.3, -0.25) is 9.69 Å². The number of carbonyl (C=O) groups is 1. The average Bonchev–Trinajstić information content (AvgIpc) is 2.62. The van der Waals surface area contributed by atoms with Gasteiger partial charge in [0.1, 0.15) is 5.82 Å². The van der Waals surface area contributed by atoms with Gasteiger partial charge in [-0.1, -0.05) is 6.92 Å². The monoisotopic (exact) mass is 346 g/mol. The van der Waals surface area contributed by atoms with Gasteiger partial charge in [-0.05, 0) is 37.8 Å². The summed E-state index contributed by atoms with van der Waals surface area (Å²) in [5, 5.41) is 9.49. The highest BCUT2D eigenvalue weighted by molar-refractivity contribution is 5.94. The van der Waals surface area contributed by atoms with Gasteiger partial charge >= 0.3 is 0 Å². The molecule has 6 heteroatoms. The molecule has 6 nitrogen and oxygen atoms in total. The first kappa shape index (κ1) is 18.1. The van der Waals surface area contributed by atoms with Gasteiger partial charge < -0.3 is 14.9 Å². The van der Waals surface area contributed by atoms with E-state index in [1.54, 1.807) is 6.20 Å². The van der Waals surface area contributed by atoms with Gasteiger partial charge in [0.25, 0.3) is 5.91 Å². The third-order valence-electron chi connectivity index (χ3n) is 5.28. The molecular formula is C19H30N4O2. The highest BCUT2D eigenvalue weighted by Gasteiger charge is 2.23. The summed E-state index contributed by atoms with van der Waals surface area (Å²) in [5.74, 6) is 1.75. The Hall–Kier alpha value is -1.66. The Morgan fingerprint density at radius 1 is 1.20 bits per heavy atom. The summed E-state index contributed by atoms with van der Waals surface area (Å²) in [4.78, 5) is 23.6. The summed E-state index contributed by atoms with van der Waals surface area (Å²) in [5.41, 5.74) is 0.686. The molecule has 1 aromatic rings. The average molecular weight is 346 g/mol. The van der Waals surface area contributed by atoms with Gasteiger partial charge in [-0.2, -0.15) is 0 Å². The molecule has 3 rings (SSSR count). The maximum absolute atomic E-state index is 12.6. The van der Waals surface area contributed by atoms with Gasteiger partial charge in [0.2, 0.25) is 0 Å². The van der Waals surface area contributed by atoms with Gasteiger partial charge in [-0.15, -0.1) is 0 Å². The molecule has 2 aliphatic heterocycles. The van der Waals surface area contributed by atoms with Crippen LogP contribution >= 0.6 is 0 Å². The van der Waals surface area contributed by atoms with Crippen LogP contribution in [0.4, 0.5) is 5.82 Å². The minimum Gasteiger partial charge on any atom is -0.392 e. The van der Waals surface area contributed by atoms with Crippen LogP contribution in [0.5, 0.6) is 0 Å². The normalized spacial score (nSPS) is 21.4. The lowest BCUT2D eigenvalue weighted by Crippen LogP contribution is -2.48. The first-order valence-electron chi connectivity index (χ1n) is 9.43. The van der Waals surface area contributed by atoms with Crippen LogP contribution in [-0.4, -0.2) is 77.7 Å². The van der Waals surface area contributed by atoms with Crippen LogP contribution in [-0.2, 0) is 0 Å². The molecule has 138 valence electrons. The molecule has 0 saturated carbocycles. The fourth-order valence-corrected chi connectivity index (χ4v) is 3.63. The molecule has 3 heterocycles. The number of aromatic nitrogens is 1. The number of likely N-dealkylation sites (tertiary alicyclic amines) is 1. The van der Waals surface area contributed by atoms with Crippen molar-refractivity contribution in [3.63, 3.8) is 0 Å². The van der Waals surface area contributed by atoms with Crippen molar-refractivity contribution in [1.82, 2.24) is 14.8 Å². The van der Waals surface area contributed by atoms with Crippen LogP contribution in [0, 0.1) is 5.92 Å². The number of aliphatic hydroxyl groups is 1. The Balaban J connectivity index is 1.55. The van der Waals surface area contributed by atoms with Crippen molar-refractivity contribution in [3.05, 3.63) is 23.9 Å². The Kier molecular flexibility index (Phi) is 5.91. The lowest BCUT2D eigenvalue weighted by molar-refractivity contribution is 0.0697. The number of amides is 1. The Labute approximate surface area is 150 Å². The summed E-state index contributed by atoms with van der Waals surface area (Å²) >= 11 is 0. The quantitative estimate of drug-likeness (QED) is 0.894. The topological polar surface area (TPSA) is 59.9 Å². The highest BCUT2D eigenvalue weighted by Crippen LogP contribution is 2.19. The molecule has 1 amide bonds. The third-order valence-corrected chi connectivity index (χ3v) is 5.28. The second-order valence-electron chi connectivity index (χ2n) is 7.52. The highest BCUT2D eigenvalue weighted by atomic mass is 16.3. The number of rotatable bonds is 4. The Morgan fingerprint density at radius 3 is 2.44 bits per heavy atom. The zero-order chi connectivity index (χ0) is 17.8. The molecular weight excluding hydrogens is 316 g/mol. The number of hydrogen-bond acceptors (Lipinski definition) is 5. The molecule has 0 unspecified atom stereocenters. The predicted molar refractivity (Wildman–Crippen MR) is 98.9 cm³/mol. The van der Waals surface area contributed by atoms with E-state index >= 15 is 0 Å². The Morgan fingerprint density at radius 2 is 1.88 bits per heavy atom. The molecule has 2 fully saturated rings.